The summed E-state index contributed by atoms with van der Waals surface area (Å²) in [6.45, 7) is 0. The minimum Gasteiger partial charge on any atom is -0.508 e. The summed E-state index contributed by atoms with van der Waals surface area (Å²) in [7, 11) is 1.38. The molecule has 6 atom stereocenters. The van der Waals surface area contributed by atoms with Gasteiger partial charge in [0.1, 0.15) is 11.5 Å². The molecule has 0 radical (unpaired) electrons. The Hall–Kier alpha value is -2.14. The number of aromatic hydroxyl groups is 1. The predicted octanol–water partition coefficient (Wildman–Crippen LogP) is 2.50. The summed E-state index contributed by atoms with van der Waals surface area (Å²) in [4.78, 5) is 49.3. The number of hydroxylamine groups is 2. The third-order valence-electron chi connectivity index (χ3n) is 7.54. The van der Waals surface area contributed by atoms with E-state index in [2.05, 4.69) is 15.9 Å². The number of phenols is 1. The molecule has 180 valence electrons. The van der Waals surface area contributed by atoms with Crippen molar-refractivity contribution in [3.8, 4) is 11.5 Å². The third kappa shape index (κ3) is 2.65. The first-order chi connectivity index (χ1) is 16.0. The van der Waals surface area contributed by atoms with Crippen molar-refractivity contribution in [2.24, 2.45) is 17.8 Å². The summed E-state index contributed by atoms with van der Waals surface area (Å²) in [6.07, 6.45) is 1.59. The molecule has 2 aliphatic carbocycles. The van der Waals surface area contributed by atoms with Crippen molar-refractivity contribution in [3.05, 3.63) is 35.4 Å². The number of halogens is 3. The highest BCUT2D eigenvalue weighted by Crippen LogP contribution is 2.66. The number of ether oxygens (including phenoxy) is 1. The first kappa shape index (κ1) is 23.6. The van der Waals surface area contributed by atoms with Gasteiger partial charge in [-0.15, -0.1) is 23.2 Å². The van der Waals surface area contributed by atoms with Crippen LogP contribution in [0.25, 0.3) is 0 Å². The average Bonchev–Trinajstić information content (AvgIpc) is 3.12. The summed E-state index contributed by atoms with van der Waals surface area (Å²) in [5.74, 6) is -6.82. The number of nitrogens with zero attached hydrogens (tertiary/aromatic N) is 2. The van der Waals surface area contributed by atoms with Gasteiger partial charge in [-0.3, -0.25) is 29.3 Å². The van der Waals surface area contributed by atoms with Gasteiger partial charge in [0, 0.05) is 11.5 Å². The maximum absolute atomic E-state index is 13.6. The van der Waals surface area contributed by atoms with Gasteiger partial charge in [-0.05, 0) is 30.9 Å². The van der Waals surface area contributed by atoms with Gasteiger partial charge in [-0.1, -0.05) is 33.6 Å². The Morgan fingerprint density at radius 2 is 1.85 bits per heavy atom. The Morgan fingerprint density at radius 1 is 1.15 bits per heavy atom. The maximum Gasteiger partial charge on any atom is 0.257 e. The Bertz CT molecular complexity index is 1190. The fourth-order valence-corrected chi connectivity index (χ4v) is 7.46. The molecule has 12 heteroatoms. The topological polar surface area (TPSA) is 124 Å². The summed E-state index contributed by atoms with van der Waals surface area (Å²) >= 11 is 17.2. The van der Waals surface area contributed by atoms with Gasteiger partial charge in [0.2, 0.25) is 0 Å². The highest BCUT2D eigenvalue weighted by atomic mass is 79.9. The van der Waals surface area contributed by atoms with E-state index in [1.54, 1.807) is 18.2 Å². The second kappa shape index (κ2) is 7.68. The lowest BCUT2D eigenvalue weighted by atomic mass is 9.56. The lowest BCUT2D eigenvalue weighted by Gasteiger charge is -2.50. The van der Waals surface area contributed by atoms with Gasteiger partial charge in [0.25, 0.3) is 23.6 Å². The predicted molar refractivity (Wildman–Crippen MR) is 122 cm³/mol. The lowest BCUT2D eigenvalue weighted by molar-refractivity contribution is -0.173. The number of carbonyl (C=O) groups is 4. The Morgan fingerprint density at radius 3 is 2.50 bits per heavy atom. The first-order valence-electron chi connectivity index (χ1n) is 10.5. The number of allylic oxidation sites excluding steroid dienone is 2. The van der Waals surface area contributed by atoms with E-state index in [1.165, 1.54) is 13.2 Å². The first-order valence-corrected chi connectivity index (χ1v) is 12.3. The highest BCUT2D eigenvalue weighted by molar-refractivity contribution is 9.09. The number of phenolic OH excluding ortho intramolecular Hbond substituents is 1. The molecule has 2 aliphatic heterocycles. The largest absolute Gasteiger partial charge is 0.508 e. The van der Waals surface area contributed by atoms with E-state index >= 15 is 0 Å². The van der Waals surface area contributed by atoms with Crippen molar-refractivity contribution in [1.29, 1.82) is 0 Å². The Balaban J connectivity index is 1.80. The van der Waals surface area contributed by atoms with Crippen LogP contribution >= 0.6 is 39.1 Å². The third-order valence-corrected chi connectivity index (χ3v) is 9.46. The number of hydrogen-bond acceptors (Lipinski definition) is 7. The van der Waals surface area contributed by atoms with Crippen LogP contribution in [0.1, 0.15) is 24.3 Å². The molecule has 2 N–H and O–H groups in total. The Labute approximate surface area is 212 Å². The summed E-state index contributed by atoms with van der Waals surface area (Å²) in [5.41, 5.74) is 0.478. The molecule has 34 heavy (non-hydrogen) atoms. The number of rotatable bonds is 3. The average molecular weight is 574 g/mol. The van der Waals surface area contributed by atoms with Crippen LogP contribution in [-0.4, -0.2) is 66.2 Å². The summed E-state index contributed by atoms with van der Waals surface area (Å²) in [5, 5.41) is 21.0. The van der Waals surface area contributed by atoms with Crippen molar-refractivity contribution in [1.82, 2.24) is 9.96 Å². The number of methoxy groups -OCH3 is 1. The van der Waals surface area contributed by atoms with E-state index < -0.39 is 57.0 Å². The van der Waals surface area contributed by atoms with Crippen molar-refractivity contribution >= 4 is 62.8 Å². The number of alkyl halides is 3. The van der Waals surface area contributed by atoms with Gasteiger partial charge >= 0.3 is 0 Å². The smallest absolute Gasteiger partial charge is 0.257 e. The van der Waals surface area contributed by atoms with E-state index in [0.717, 1.165) is 4.90 Å². The van der Waals surface area contributed by atoms with Crippen LogP contribution in [0.4, 0.5) is 0 Å². The van der Waals surface area contributed by atoms with Gasteiger partial charge < -0.3 is 9.84 Å². The number of hydrogen-bond donors (Lipinski definition) is 2. The molecule has 2 saturated heterocycles. The summed E-state index contributed by atoms with van der Waals surface area (Å²) in [6, 6.07) is 4.52. The van der Waals surface area contributed by atoms with Crippen LogP contribution in [0.15, 0.2) is 29.8 Å². The van der Waals surface area contributed by atoms with Crippen molar-refractivity contribution in [2.45, 2.75) is 28.5 Å². The molecule has 2 heterocycles. The SMILES string of the molecule is COc1cccc(O)c1[C@H]1C2=CC[C@@H]3C(=O)N(O)C(=O)[C@@H]3[C@@H]2C[C@@]2(Cl)C(=O)N(CBr)C(=O)[C@@]12Cl. The van der Waals surface area contributed by atoms with Crippen LogP contribution < -0.4 is 4.74 Å². The van der Waals surface area contributed by atoms with Crippen LogP contribution in [0, 0.1) is 17.8 Å². The number of fused-ring (bicyclic) bond motifs is 4. The van der Waals surface area contributed by atoms with Gasteiger partial charge in [0.15, 0.2) is 9.75 Å². The fourth-order valence-electron chi connectivity index (χ4n) is 6.05. The second-order valence-corrected chi connectivity index (χ2v) is 10.6. The van der Waals surface area contributed by atoms with E-state index in [1.807, 2.05) is 0 Å². The Kier molecular flexibility index (Phi) is 5.33. The summed E-state index contributed by atoms with van der Waals surface area (Å²) < 4.78 is 5.47. The van der Waals surface area contributed by atoms with Crippen molar-refractivity contribution in [2.75, 3.05) is 12.6 Å². The fraction of sp³-hybridized carbons (Fsp3) is 0.455. The maximum atomic E-state index is 13.6. The van der Waals surface area contributed by atoms with E-state index in [0.29, 0.717) is 5.57 Å². The lowest BCUT2D eigenvalue weighted by Crippen LogP contribution is -2.60. The van der Waals surface area contributed by atoms with Crippen LogP contribution in [0.5, 0.6) is 11.5 Å². The van der Waals surface area contributed by atoms with Gasteiger partial charge in [0.05, 0.1) is 24.4 Å². The van der Waals surface area contributed by atoms with E-state index in [9.17, 15) is 29.5 Å². The number of carbonyl (C=O) groups excluding carboxylic acids is 4. The molecule has 1 aromatic carbocycles. The molecule has 4 amide bonds. The molecular formula is C22H19BrCl2N2O7. The molecule has 0 spiro atoms. The van der Waals surface area contributed by atoms with Crippen molar-refractivity contribution in [3.63, 3.8) is 0 Å². The normalized spacial score (nSPS) is 36.9. The second-order valence-electron chi connectivity index (χ2n) is 8.87. The number of imide groups is 2. The quantitative estimate of drug-likeness (QED) is 0.187. The number of likely N-dealkylation sites (tertiary alicyclic amines) is 1. The molecule has 4 aliphatic rings. The molecule has 0 bridgehead atoms. The van der Waals surface area contributed by atoms with Crippen LogP contribution in [0.2, 0.25) is 0 Å². The van der Waals surface area contributed by atoms with Crippen LogP contribution in [-0.2, 0) is 19.2 Å². The van der Waals surface area contributed by atoms with Gasteiger partial charge in [-0.25, -0.2) is 0 Å². The standard InChI is InChI=1S/C22H19BrCl2N2O7/c1-34-13-4-2-3-12(28)15(13)16-9-5-6-10-14(18(30)27(33)17(10)29)11(9)7-21(24)19(31)26(8-23)20(32)22(16,21)25/h2-5,10-11,14,16,28,33H,6-8H2,1H3/t10-,11+,14-,16+,21+,22-/m0/s1. The minimum atomic E-state index is -2.05. The van der Waals surface area contributed by atoms with Crippen molar-refractivity contribution < 1.29 is 34.2 Å². The molecule has 0 aromatic heterocycles. The monoisotopic (exact) mass is 572 g/mol. The zero-order chi connectivity index (χ0) is 24.7. The van der Waals surface area contributed by atoms with Gasteiger partial charge in [-0.2, -0.15) is 5.06 Å². The number of benzene rings is 1. The molecule has 5 rings (SSSR count). The molecule has 1 aromatic rings. The molecular weight excluding hydrogens is 555 g/mol. The number of amides is 4. The molecule has 1 saturated carbocycles. The zero-order valence-corrected chi connectivity index (χ0v) is 20.8. The minimum absolute atomic E-state index is 0.108. The molecule has 3 fully saturated rings. The zero-order valence-electron chi connectivity index (χ0n) is 17.7. The highest BCUT2D eigenvalue weighted by Gasteiger charge is 2.76. The van der Waals surface area contributed by atoms with E-state index in [4.69, 9.17) is 27.9 Å². The van der Waals surface area contributed by atoms with Crippen LogP contribution in [0.3, 0.4) is 0 Å². The molecule has 0 unspecified atom stereocenters. The molecule has 9 nitrogen and oxygen atoms in total. The van der Waals surface area contributed by atoms with E-state index in [-0.39, 0.29) is 40.4 Å².